The molecule has 156 valence electrons. The van der Waals surface area contributed by atoms with Gasteiger partial charge in [0.1, 0.15) is 0 Å². The van der Waals surface area contributed by atoms with Gasteiger partial charge in [-0.15, -0.1) is 11.8 Å². The molecule has 2 fully saturated rings. The first-order valence-electron chi connectivity index (χ1n) is 10.7. The molecule has 2 amide bonds. The van der Waals surface area contributed by atoms with Crippen LogP contribution in [-0.2, 0) is 9.53 Å². The van der Waals surface area contributed by atoms with Crippen LogP contribution in [0.25, 0.3) is 0 Å². The highest BCUT2D eigenvalue weighted by Gasteiger charge is 2.35. The second-order valence-corrected chi connectivity index (χ2v) is 9.27. The molecule has 1 aromatic rings. The lowest BCUT2D eigenvalue weighted by Crippen LogP contribution is -2.41. The van der Waals surface area contributed by atoms with Gasteiger partial charge in [0.2, 0.25) is 5.91 Å². The zero-order valence-electron chi connectivity index (χ0n) is 17.1. The van der Waals surface area contributed by atoms with Crippen LogP contribution in [0.15, 0.2) is 41.3 Å². The first-order chi connectivity index (χ1) is 14.2. The van der Waals surface area contributed by atoms with Crippen LogP contribution in [0.2, 0.25) is 0 Å². The summed E-state index contributed by atoms with van der Waals surface area (Å²) in [7, 11) is 1.43. The van der Waals surface area contributed by atoms with E-state index in [0.29, 0.717) is 5.92 Å². The number of benzene rings is 1. The van der Waals surface area contributed by atoms with Gasteiger partial charge in [0.25, 0.3) is 0 Å². The van der Waals surface area contributed by atoms with Crippen molar-refractivity contribution in [2.75, 3.05) is 32.5 Å². The second kappa shape index (κ2) is 9.24. The number of carbonyl (C=O) groups is 2. The van der Waals surface area contributed by atoms with Crippen LogP contribution in [0.1, 0.15) is 43.7 Å². The number of piperidine rings is 2. The van der Waals surface area contributed by atoms with Gasteiger partial charge in [-0.3, -0.25) is 4.79 Å². The Morgan fingerprint density at radius 1 is 1.03 bits per heavy atom. The summed E-state index contributed by atoms with van der Waals surface area (Å²) in [5, 5.41) is 0. The molecule has 1 aromatic carbocycles. The Kier molecular flexibility index (Phi) is 6.48. The zero-order chi connectivity index (χ0) is 20.2. The number of nitrogens with zero attached hydrogens (tertiary/aromatic N) is 2. The SMILES string of the molecule is COC(=O)N1CCC(C2=CC(C(=O)N3CCCCC3c3ccccc3)CS2)CC1. The first-order valence-corrected chi connectivity index (χ1v) is 11.7. The first kappa shape index (κ1) is 20.3. The third kappa shape index (κ3) is 4.47. The standard InChI is InChI=1S/C23H30N2O3S/c1-28-23(27)24-13-10-18(11-14-24)21-15-19(16-29-21)22(26)25-12-6-5-9-20(25)17-7-3-2-4-8-17/h2-4,7-8,15,18-20H,5-6,9-14,16H2,1H3. The van der Waals surface area contributed by atoms with Crippen molar-refractivity contribution in [1.82, 2.24) is 9.80 Å². The molecule has 3 aliphatic rings. The molecule has 5 nitrogen and oxygen atoms in total. The van der Waals surface area contributed by atoms with Gasteiger partial charge in [0.15, 0.2) is 0 Å². The van der Waals surface area contributed by atoms with E-state index >= 15 is 0 Å². The van der Waals surface area contributed by atoms with Gasteiger partial charge in [-0.25, -0.2) is 4.79 Å². The van der Waals surface area contributed by atoms with Crippen molar-refractivity contribution in [2.45, 2.75) is 38.1 Å². The molecule has 4 rings (SSSR count). The van der Waals surface area contributed by atoms with Crippen LogP contribution in [0.5, 0.6) is 0 Å². The van der Waals surface area contributed by atoms with E-state index in [1.165, 1.54) is 24.0 Å². The van der Waals surface area contributed by atoms with Crippen LogP contribution in [-0.4, -0.2) is 54.3 Å². The van der Waals surface area contributed by atoms with Gasteiger partial charge in [0.05, 0.1) is 19.1 Å². The molecule has 0 N–H and O–H groups in total. The smallest absolute Gasteiger partial charge is 0.409 e. The number of ether oxygens (including phenoxy) is 1. The monoisotopic (exact) mass is 414 g/mol. The maximum absolute atomic E-state index is 13.4. The molecule has 2 unspecified atom stereocenters. The van der Waals surface area contributed by atoms with Crippen LogP contribution >= 0.6 is 11.8 Å². The highest BCUT2D eigenvalue weighted by atomic mass is 32.2. The molecule has 29 heavy (non-hydrogen) atoms. The van der Waals surface area contributed by atoms with Crippen molar-refractivity contribution in [1.29, 1.82) is 0 Å². The summed E-state index contributed by atoms with van der Waals surface area (Å²) in [6, 6.07) is 10.7. The van der Waals surface area contributed by atoms with E-state index in [1.54, 1.807) is 4.90 Å². The quantitative estimate of drug-likeness (QED) is 0.732. The van der Waals surface area contributed by atoms with Gasteiger partial charge in [-0.05, 0) is 48.5 Å². The molecule has 0 bridgehead atoms. The molecule has 3 heterocycles. The number of amides is 2. The molecule has 2 atom stereocenters. The lowest BCUT2D eigenvalue weighted by molar-refractivity contribution is -0.137. The molecule has 2 saturated heterocycles. The van der Waals surface area contributed by atoms with Crippen molar-refractivity contribution >= 4 is 23.8 Å². The predicted octanol–water partition coefficient (Wildman–Crippen LogP) is 4.47. The average molecular weight is 415 g/mol. The highest BCUT2D eigenvalue weighted by Crippen LogP contribution is 2.41. The Hall–Kier alpha value is -1.95. The third-order valence-electron chi connectivity index (χ3n) is 6.41. The normalized spacial score (nSPS) is 25.6. The lowest BCUT2D eigenvalue weighted by atomic mass is 9.92. The van der Waals surface area contributed by atoms with Crippen molar-refractivity contribution < 1.29 is 14.3 Å². The number of hydrogen-bond donors (Lipinski definition) is 0. The molecule has 0 aliphatic carbocycles. The maximum atomic E-state index is 13.4. The van der Waals surface area contributed by atoms with E-state index in [2.05, 4.69) is 35.2 Å². The van der Waals surface area contributed by atoms with Crippen molar-refractivity contribution in [3.8, 4) is 0 Å². The number of carbonyl (C=O) groups excluding carboxylic acids is 2. The third-order valence-corrected chi connectivity index (χ3v) is 7.74. The Bertz CT molecular complexity index is 759. The number of thioether (sulfide) groups is 1. The Balaban J connectivity index is 1.40. The van der Waals surface area contributed by atoms with E-state index in [4.69, 9.17) is 4.74 Å². The molecule has 0 aromatic heterocycles. The fourth-order valence-electron chi connectivity index (χ4n) is 4.78. The topological polar surface area (TPSA) is 49.9 Å². The van der Waals surface area contributed by atoms with E-state index in [-0.39, 0.29) is 24.0 Å². The van der Waals surface area contributed by atoms with Crippen LogP contribution in [0.4, 0.5) is 4.79 Å². The van der Waals surface area contributed by atoms with Crippen molar-refractivity contribution in [3.05, 3.63) is 46.9 Å². The van der Waals surface area contributed by atoms with Crippen LogP contribution in [0, 0.1) is 11.8 Å². The van der Waals surface area contributed by atoms with E-state index in [1.807, 2.05) is 17.8 Å². The molecular formula is C23H30N2O3S. The molecule has 0 spiro atoms. The van der Waals surface area contributed by atoms with Crippen LogP contribution < -0.4 is 0 Å². The van der Waals surface area contributed by atoms with Gasteiger partial charge in [0, 0.05) is 25.4 Å². The Morgan fingerprint density at radius 2 is 1.79 bits per heavy atom. The summed E-state index contributed by atoms with van der Waals surface area (Å²) in [4.78, 5) is 30.3. The van der Waals surface area contributed by atoms with Gasteiger partial charge in [-0.2, -0.15) is 0 Å². The van der Waals surface area contributed by atoms with Crippen LogP contribution in [0.3, 0.4) is 0 Å². The van der Waals surface area contributed by atoms with Gasteiger partial charge in [-0.1, -0.05) is 36.4 Å². The van der Waals surface area contributed by atoms with Gasteiger partial charge < -0.3 is 14.5 Å². The Morgan fingerprint density at radius 3 is 2.52 bits per heavy atom. The summed E-state index contributed by atoms with van der Waals surface area (Å²) in [5.74, 6) is 1.58. The lowest BCUT2D eigenvalue weighted by Gasteiger charge is -2.37. The zero-order valence-corrected chi connectivity index (χ0v) is 17.9. The van der Waals surface area contributed by atoms with E-state index in [0.717, 1.165) is 51.1 Å². The fraction of sp³-hybridized carbons (Fsp3) is 0.565. The van der Waals surface area contributed by atoms with Crippen molar-refractivity contribution in [3.63, 3.8) is 0 Å². The maximum Gasteiger partial charge on any atom is 0.409 e. The largest absolute Gasteiger partial charge is 0.453 e. The predicted molar refractivity (Wildman–Crippen MR) is 115 cm³/mol. The molecule has 0 radical (unpaired) electrons. The van der Waals surface area contributed by atoms with Crippen molar-refractivity contribution in [2.24, 2.45) is 11.8 Å². The van der Waals surface area contributed by atoms with E-state index < -0.39 is 0 Å². The number of hydrogen-bond acceptors (Lipinski definition) is 4. The minimum atomic E-state index is -0.235. The fourth-order valence-corrected chi connectivity index (χ4v) is 6.13. The average Bonchev–Trinajstić information content (AvgIpc) is 3.29. The molecule has 3 aliphatic heterocycles. The molecule has 6 heteroatoms. The summed E-state index contributed by atoms with van der Waals surface area (Å²) in [6.07, 6.45) is 7.22. The molecule has 0 saturated carbocycles. The number of likely N-dealkylation sites (tertiary alicyclic amines) is 2. The van der Waals surface area contributed by atoms with E-state index in [9.17, 15) is 9.59 Å². The highest BCUT2D eigenvalue weighted by molar-refractivity contribution is 8.03. The summed E-state index contributed by atoms with van der Waals surface area (Å²) in [5.41, 5.74) is 1.26. The number of allylic oxidation sites excluding steroid dienone is 1. The minimum Gasteiger partial charge on any atom is -0.453 e. The summed E-state index contributed by atoms with van der Waals surface area (Å²) >= 11 is 1.84. The number of rotatable bonds is 3. The summed E-state index contributed by atoms with van der Waals surface area (Å²) < 4.78 is 4.83. The summed E-state index contributed by atoms with van der Waals surface area (Å²) in [6.45, 7) is 2.33. The molecular weight excluding hydrogens is 384 g/mol. The minimum absolute atomic E-state index is 0.0158. The number of methoxy groups -OCH3 is 1. The van der Waals surface area contributed by atoms with Gasteiger partial charge >= 0.3 is 6.09 Å². The Labute approximate surface area is 177 Å². The second-order valence-electron chi connectivity index (χ2n) is 8.17.